The third-order valence-corrected chi connectivity index (χ3v) is 2.90. The number of hydrogen-bond acceptors (Lipinski definition) is 2. The second-order valence-corrected chi connectivity index (χ2v) is 4.71. The first-order valence-electron chi connectivity index (χ1n) is 5.98. The van der Waals surface area contributed by atoms with E-state index in [1.54, 1.807) is 0 Å². The minimum Gasteiger partial charge on any atom is -0.481 e. The van der Waals surface area contributed by atoms with E-state index >= 15 is 0 Å². The van der Waals surface area contributed by atoms with E-state index < -0.39 is 5.97 Å². The number of hydrogen-bond donors (Lipinski definition) is 2. The standard InChI is InChI=1S/C12H23NO3/c1-10(2)11(9-14)13(3)8-6-4-5-7-12(15)16/h9-11H,4-8H2,1-3H3,(H,15,16)/p+1/t11-/m1/s1. The van der Waals surface area contributed by atoms with Crippen molar-refractivity contribution in [3.63, 3.8) is 0 Å². The Hall–Kier alpha value is -0.900. The van der Waals surface area contributed by atoms with Gasteiger partial charge in [0.1, 0.15) is 6.04 Å². The molecule has 0 bridgehead atoms. The SMILES string of the molecule is CC(C)[C@@H](C=O)[NH+](C)CCCCCC(=O)O. The van der Waals surface area contributed by atoms with Crippen molar-refractivity contribution in [1.82, 2.24) is 0 Å². The monoisotopic (exact) mass is 230 g/mol. The minimum absolute atomic E-state index is 0.0551. The lowest BCUT2D eigenvalue weighted by molar-refractivity contribution is -0.899. The van der Waals surface area contributed by atoms with Gasteiger partial charge in [-0.15, -0.1) is 0 Å². The molecule has 2 N–H and O–H groups in total. The zero-order valence-corrected chi connectivity index (χ0v) is 10.5. The Morgan fingerprint density at radius 1 is 1.31 bits per heavy atom. The van der Waals surface area contributed by atoms with Gasteiger partial charge in [0.25, 0.3) is 0 Å². The number of carbonyl (C=O) groups is 2. The van der Waals surface area contributed by atoms with Gasteiger partial charge >= 0.3 is 5.97 Å². The maximum absolute atomic E-state index is 10.9. The molecule has 16 heavy (non-hydrogen) atoms. The van der Waals surface area contributed by atoms with E-state index in [1.807, 2.05) is 20.9 Å². The molecule has 0 aromatic carbocycles. The van der Waals surface area contributed by atoms with Crippen LogP contribution in [-0.2, 0) is 9.59 Å². The average molecular weight is 230 g/mol. The molecule has 4 nitrogen and oxygen atoms in total. The topological polar surface area (TPSA) is 58.8 Å². The van der Waals surface area contributed by atoms with Gasteiger partial charge in [0.15, 0.2) is 6.29 Å². The normalized spacial score (nSPS) is 14.8. The average Bonchev–Trinajstić information content (AvgIpc) is 2.17. The fraction of sp³-hybridized carbons (Fsp3) is 0.833. The van der Waals surface area contributed by atoms with Crippen LogP contribution in [0, 0.1) is 5.92 Å². The van der Waals surface area contributed by atoms with Crippen LogP contribution >= 0.6 is 0 Å². The van der Waals surface area contributed by atoms with Crippen LogP contribution < -0.4 is 4.90 Å². The van der Waals surface area contributed by atoms with E-state index in [0.29, 0.717) is 5.92 Å². The van der Waals surface area contributed by atoms with Crippen molar-refractivity contribution in [3.8, 4) is 0 Å². The van der Waals surface area contributed by atoms with Crippen LogP contribution in [0.25, 0.3) is 0 Å². The molecular formula is C12H24NO3+. The third-order valence-electron chi connectivity index (χ3n) is 2.90. The fourth-order valence-corrected chi connectivity index (χ4v) is 1.87. The Morgan fingerprint density at radius 3 is 2.38 bits per heavy atom. The maximum Gasteiger partial charge on any atom is 0.303 e. The quantitative estimate of drug-likeness (QED) is 0.444. The molecular weight excluding hydrogens is 206 g/mol. The van der Waals surface area contributed by atoms with Crippen LogP contribution in [-0.4, -0.2) is 37.0 Å². The molecule has 0 aromatic rings. The summed E-state index contributed by atoms with van der Waals surface area (Å²) >= 11 is 0. The van der Waals surface area contributed by atoms with E-state index in [0.717, 1.165) is 32.1 Å². The van der Waals surface area contributed by atoms with Gasteiger partial charge in [0.05, 0.1) is 13.6 Å². The van der Waals surface area contributed by atoms with E-state index in [9.17, 15) is 9.59 Å². The van der Waals surface area contributed by atoms with Crippen LogP contribution in [0.5, 0.6) is 0 Å². The molecule has 0 aliphatic heterocycles. The summed E-state index contributed by atoms with van der Waals surface area (Å²) in [7, 11) is 2.02. The lowest BCUT2D eigenvalue weighted by Crippen LogP contribution is -3.14. The van der Waals surface area contributed by atoms with Gasteiger partial charge < -0.3 is 10.0 Å². The zero-order chi connectivity index (χ0) is 12.6. The third kappa shape index (κ3) is 6.56. The summed E-state index contributed by atoms with van der Waals surface area (Å²) in [6, 6.07) is 0.0551. The second-order valence-electron chi connectivity index (χ2n) is 4.71. The van der Waals surface area contributed by atoms with E-state index in [4.69, 9.17) is 5.11 Å². The lowest BCUT2D eigenvalue weighted by Gasteiger charge is -2.23. The van der Waals surface area contributed by atoms with E-state index in [-0.39, 0.29) is 12.5 Å². The van der Waals surface area contributed by atoms with Crippen molar-refractivity contribution < 1.29 is 19.6 Å². The van der Waals surface area contributed by atoms with E-state index in [2.05, 4.69) is 0 Å². The minimum atomic E-state index is -0.728. The summed E-state index contributed by atoms with van der Waals surface area (Å²) in [6.07, 6.45) is 3.91. The smallest absolute Gasteiger partial charge is 0.303 e. The highest BCUT2D eigenvalue weighted by Gasteiger charge is 2.20. The van der Waals surface area contributed by atoms with Crippen molar-refractivity contribution in [2.45, 2.75) is 45.6 Å². The van der Waals surface area contributed by atoms with Crippen LogP contribution in [0.3, 0.4) is 0 Å². The van der Waals surface area contributed by atoms with Gasteiger partial charge in [-0.2, -0.15) is 0 Å². The molecule has 0 spiro atoms. The first-order chi connectivity index (χ1) is 7.49. The maximum atomic E-state index is 10.9. The Labute approximate surface area is 97.6 Å². The van der Waals surface area contributed by atoms with Crippen LogP contribution in [0.1, 0.15) is 39.5 Å². The number of unbranched alkanes of at least 4 members (excludes halogenated alkanes) is 2. The number of rotatable bonds is 9. The molecule has 0 saturated heterocycles. The molecule has 1 unspecified atom stereocenters. The highest BCUT2D eigenvalue weighted by Crippen LogP contribution is 1.99. The number of carboxylic acid groups (broad SMARTS) is 1. The van der Waals surface area contributed by atoms with Crippen molar-refractivity contribution in [2.24, 2.45) is 5.92 Å². The van der Waals surface area contributed by atoms with Crippen molar-refractivity contribution >= 4 is 12.3 Å². The number of aliphatic carboxylic acids is 1. The molecule has 0 heterocycles. The molecule has 94 valence electrons. The Kier molecular flexibility index (Phi) is 7.81. The molecule has 0 amide bonds. The van der Waals surface area contributed by atoms with Crippen LogP contribution in [0.2, 0.25) is 0 Å². The van der Waals surface area contributed by atoms with Crippen LogP contribution in [0.4, 0.5) is 0 Å². The van der Waals surface area contributed by atoms with Gasteiger partial charge in [-0.05, 0) is 19.3 Å². The molecule has 4 heteroatoms. The van der Waals surface area contributed by atoms with Crippen molar-refractivity contribution in [2.75, 3.05) is 13.6 Å². The highest BCUT2D eigenvalue weighted by molar-refractivity contribution is 5.66. The first-order valence-corrected chi connectivity index (χ1v) is 5.98. The van der Waals surface area contributed by atoms with Gasteiger partial charge in [0, 0.05) is 12.3 Å². The number of carboxylic acids is 1. The number of nitrogens with one attached hydrogen (secondary N) is 1. The molecule has 0 aliphatic carbocycles. The van der Waals surface area contributed by atoms with Gasteiger partial charge in [-0.3, -0.25) is 9.59 Å². The number of carbonyl (C=O) groups excluding carboxylic acids is 1. The molecule has 0 radical (unpaired) electrons. The molecule has 0 fully saturated rings. The summed E-state index contributed by atoms with van der Waals surface area (Å²) in [5.74, 6) is -0.370. The van der Waals surface area contributed by atoms with Crippen molar-refractivity contribution in [1.29, 1.82) is 0 Å². The van der Waals surface area contributed by atoms with Gasteiger partial charge in [-0.1, -0.05) is 13.8 Å². The molecule has 0 aliphatic rings. The predicted octanol–water partition coefficient (Wildman–Crippen LogP) is 0.370. The number of quaternary nitrogens is 1. The number of likely N-dealkylation sites (N-methyl/N-ethyl adjacent to an activating group) is 1. The summed E-state index contributed by atoms with van der Waals surface area (Å²) < 4.78 is 0. The van der Waals surface area contributed by atoms with Crippen molar-refractivity contribution in [3.05, 3.63) is 0 Å². The summed E-state index contributed by atoms with van der Waals surface area (Å²) in [5, 5.41) is 8.47. The lowest BCUT2D eigenvalue weighted by atomic mass is 10.0. The first kappa shape index (κ1) is 15.1. The zero-order valence-electron chi connectivity index (χ0n) is 10.5. The number of aldehydes is 1. The van der Waals surface area contributed by atoms with Gasteiger partial charge in [-0.25, -0.2) is 0 Å². The molecule has 0 saturated carbocycles. The Morgan fingerprint density at radius 2 is 1.94 bits per heavy atom. The summed E-state index contributed by atoms with van der Waals surface area (Å²) in [5.41, 5.74) is 0. The predicted molar refractivity (Wildman–Crippen MR) is 62.5 cm³/mol. The molecule has 0 aromatic heterocycles. The largest absolute Gasteiger partial charge is 0.481 e. The summed E-state index contributed by atoms with van der Waals surface area (Å²) in [6.45, 7) is 5.03. The molecule has 0 rings (SSSR count). The highest BCUT2D eigenvalue weighted by atomic mass is 16.4. The fourth-order valence-electron chi connectivity index (χ4n) is 1.87. The second kappa shape index (κ2) is 8.28. The Bertz CT molecular complexity index is 216. The molecule has 2 atom stereocenters. The summed E-state index contributed by atoms with van der Waals surface area (Å²) in [4.78, 5) is 22.4. The van der Waals surface area contributed by atoms with E-state index in [1.165, 1.54) is 4.90 Å². The van der Waals surface area contributed by atoms with Crippen LogP contribution in [0.15, 0.2) is 0 Å². The Balaban J connectivity index is 3.67. The van der Waals surface area contributed by atoms with Gasteiger partial charge in [0.2, 0.25) is 0 Å².